The molecule has 0 radical (unpaired) electrons. The maximum absolute atomic E-state index is 13.5. The molecule has 6 heteroatoms. The molecule has 0 saturated heterocycles. The lowest BCUT2D eigenvalue weighted by Gasteiger charge is -2.16. The number of aromatic nitrogens is 3. The van der Waals surface area contributed by atoms with Gasteiger partial charge in [0.05, 0.1) is 5.69 Å². The number of ether oxygens (including phenoxy) is 1. The van der Waals surface area contributed by atoms with Gasteiger partial charge in [0.1, 0.15) is 11.9 Å². The third-order valence-electron chi connectivity index (χ3n) is 3.14. The third-order valence-corrected chi connectivity index (χ3v) is 3.14. The molecule has 2 aromatic rings. The molecule has 0 bridgehead atoms. The smallest absolute Gasteiger partial charge is 0.348 e. The van der Waals surface area contributed by atoms with Crippen LogP contribution in [-0.2, 0) is 4.74 Å². The molecule has 1 aromatic heterocycles. The number of nitrogens with zero attached hydrogens (tertiary/aromatic N) is 2. The van der Waals surface area contributed by atoms with Gasteiger partial charge in [0, 0.05) is 6.61 Å². The van der Waals surface area contributed by atoms with Crippen molar-refractivity contribution in [3.63, 3.8) is 0 Å². The van der Waals surface area contributed by atoms with E-state index in [2.05, 4.69) is 10.2 Å². The lowest BCUT2D eigenvalue weighted by Crippen LogP contribution is -2.20. The Balaban J connectivity index is 2.59. The van der Waals surface area contributed by atoms with Crippen LogP contribution in [0.1, 0.15) is 37.8 Å². The van der Waals surface area contributed by atoms with Crippen molar-refractivity contribution in [2.45, 2.75) is 33.3 Å². The number of aromatic amines is 1. The first-order chi connectivity index (χ1) is 9.58. The second-order valence-electron chi connectivity index (χ2n) is 4.51. The summed E-state index contributed by atoms with van der Waals surface area (Å²) >= 11 is 0. The molecule has 0 saturated carbocycles. The zero-order chi connectivity index (χ0) is 14.7. The van der Waals surface area contributed by atoms with Crippen LogP contribution in [0.15, 0.2) is 23.0 Å². The van der Waals surface area contributed by atoms with Crippen molar-refractivity contribution in [1.82, 2.24) is 14.8 Å². The molecule has 0 amide bonds. The fraction of sp³-hybridized carbons (Fsp3) is 0.429. The summed E-state index contributed by atoms with van der Waals surface area (Å²) in [4.78, 5) is 12.0. The summed E-state index contributed by atoms with van der Waals surface area (Å²) in [7, 11) is 0. The van der Waals surface area contributed by atoms with Gasteiger partial charge in [-0.2, -0.15) is 5.10 Å². The zero-order valence-electron chi connectivity index (χ0n) is 11.8. The monoisotopic (exact) mass is 279 g/mol. The molecule has 0 spiro atoms. The highest BCUT2D eigenvalue weighted by atomic mass is 19.1. The molecule has 1 atom stereocenters. The SMILES string of the molecule is CCOC(CC)c1n[nH]c(=O)n1-c1cc(F)ccc1C. The summed E-state index contributed by atoms with van der Waals surface area (Å²) in [6, 6.07) is 4.33. The second-order valence-corrected chi connectivity index (χ2v) is 4.51. The molecule has 108 valence electrons. The number of hydrogen-bond acceptors (Lipinski definition) is 3. The molecule has 1 unspecified atom stereocenters. The van der Waals surface area contributed by atoms with Crippen molar-refractivity contribution in [1.29, 1.82) is 0 Å². The van der Waals surface area contributed by atoms with E-state index in [4.69, 9.17) is 4.74 Å². The van der Waals surface area contributed by atoms with Crippen molar-refractivity contribution in [2.24, 2.45) is 0 Å². The summed E-state index contributed by atoms with van der Waals surface area (Å²) in [5.41, 5.74) is 0.881. The summed E-state index contributed by atoms with van der Waals surface area (Å²) in [6.45, 7) is 6.16. The molecule has 1 N–H and O–H groups in total. The Labute approximate surface area is 116 Å². The number of H-pyrrole nitrogens is 1. The maximum atomic E-state index is 13.5. The van der Waals surface area contributed by atoms with Crippen LogP contribution in [0, 0.1) is 12.7 Å². The van der Waals surface area contributed by atoms with Crippen LogP contribution in [0.5, 0.6) is 0 Å². The van der Waals surface area contributed by atoms with E-state index in [1.54, 1.807) is 6.07 Å². The van der Waals surface area contributed by atoms with Gasteiger partial charge < -0.3 is 4.74 Å². The Morgan fingerprint density at radius 1 is 1.45 bits per heavy atom. The van der Waals surface area contributed by atoms with Crippen molar-refractivity contribution in [2.75, 3.05) is 6.61 Å². The van der Waals surface area contributed by atoms with E-state index < -0.39 is 11.5 Å². The molecule has 0 aliphatic rings. The van der Waals surface area contributed by atoms with Gasteiger partial charge in [0.15, 0.2) is 5.82 Å². The first-order valence-corrected chi connectivity index (χ1v) is 6.63. The predicted molar refractivity (Wildman–Crippen MR) is 73.5 cm³/mol. The van der Waals surface area contributed by atoms with Crippen molar-refractivity contribution in [3.05, 3.63) is 45.9 Å². The first-order valence-electron chi connectivity index (χ1n) is 6.63. The first kappa shape index (κ1) is 14.5. The zero-order valence-corrected chi connectivity index (χ0v) is 11.8. The van der Waals surface area contributed by atoms with E-state index in [0.29, 0.717) is 24.5 Å². The van der Waals surface area contributed by atoms with Crippen molar-refractivity contribution >= 4 is 0 Å². The minimum Gasteiger partial charge on any atom is -0.370 e. The molecule has 20 heavy (non-hydrogen) atoms. The van der Waals surface area contributed by atoms with Crippen LogP contribution < -0.4 is 5.69 Å². The molecule has 5 nitrogen and oxygen atoms in total. The molecule has 0 fully saturated rings. The van der Waals surface area contributed by atoms with Crippen LogP contribution in [0.3, 0.4) is 0 Å². The van der Waals surface area contributed by atoms with E-state index in [9.17, 15) is 9.18 Å². The van der Waals surface area contributed by atoms with Gasteiger partial charge in [0.2, 0.25) is 0 Å². The molecule has 0 aliphatic heterocycles. The molecule has 1 heterocycles. The van der Waals surface area contributed by atoms with Gasteiger partial charge >= 0.3 is 5.69 Å². The Hall–Kier alpha value is -1.95. The van der Waals surface area contributed by atoms with Crippen LogP contribution in [0.4, 0.5) is 4.39 Å². The standard InChI is InChI=1S/C14H18FN3O2/c1-4-12(20-5-2)13-16-17-14(19)18(13)11-8-10(15)7-6-9(11)3/h6-8,12H,4-5H2,1-3H3,(H,17,19). The minimum atomic E-state index is -0.396. The lowest BCUT2D eigenvalue weighted by molar-refractivity contribution is 0.0521. The average molecular weight is 279 g/mol. The van der Waals surface area contributed by atoms with Gasteiger partial charge in [-0.3, -0.25) is 0 Å². The average Bonchev–Trinajstić information content (AvgIpc) is 2.80. The number of nitrogens with one attached hydrogen (secondary N) is 1. The highest BCUT2D eigenvalue weighted by Gasteiger charge is 2.20. The van der Waals surface area contributed by atoms with Gasteiger partial charge in [-0.25, -0.2) is 18.9 Å². The highest BCUT2D eigenvalue weighted by molar-refractivity contribution is 5.41. The third kappa shape index (κ3) is 2.65. The van der Waals surface area contributed by atoms with Crippen LogP contribution in [-0.4, -0.2) is 21.4 Å². The quantitative estimate of drug-likeness (QED) is 0.914. The molecular formula is C14H18FN3O2. The summed E-state index contributed by atoms with van der Waals surface area (Å²) < 4.78 is 20.4. The Bertz CT molecular complexity index is 648. The minimum absolute atomic E-state index is 0.304. The summed E-state index contributed by atoms with van der Waals surface area (Å²) in [5, 5.41) is 6.44. The van der Waals surface area contributed by atoms with E-state index in [0.717, 1.165) is 5.56 Å². The van der Waals surface area contributed by atoms with E-state index in [1.165, 1.54) is 16.7 Å². The molecule has 1 aromatic carbocycles. The number of rotatable bonds is 5. The Morgan fingerprint density at radius 3 is 2.85 bits per heavy atom. The topological polar surface area (TPSA) is 59.9 Å². The van der Waals surface area contributed by atoms with E-state index in [-0.39, 0.29) is 6.10 Å². The fourth-order valence-electron chi connectivity index (χ4n) is 2.16. The van der Waals surface area contributed by atoms with Gasteiger partial charge in [-0.05, 0) is 38.0 Å². The molecule has 2 rings (SSSR count). The number of halogens is 1. The van der Waals surface area contributed by atoms with Crippen LogP contribution in [0.25, 0.3) is 5.69 Å². The summed E-state index contributed by atoms with van der Waals surface area (Å²) in [6.07, 6.45) is 0.369. The Morgan fingerprint density at radius 2 is 2.20 bits per heavy atom. The number of hydrogen-bond donors (Lipinski definition) is 1. The van der Waals surface area contributed by atoms with E-state index in [1.807, 2.05) is 20.8 Å². The van der Waals surface area contributed by atoms with Crippen molar-refractivity contribution < 1.29 is 9.13 Å². The van der Waals surface area contributed by atoms with E-state index >= 15 is 0 Å². The maximum Gasteiger partial charge on any atom is 0.348 e. The number of benzene rings is 1. The summed E-state index contributed by atoms with van der Waals surface area (Å²) in [5.74, 6) is 0.0714. The fourth-order valence-corrected chi connectivity index (χ4v) is 2.16. The molecular weight excluding hydrogens is 261 g/mol. The number of aryl methyl sites for hydroxylation is 1. The predicted octanol–water partition coefficient (Wildman–Crippen LogP) is 2.50. The highest BCUT2D eigenvalue weighted by Crippen LogP contribution is 2.22. The second kappa shape index (κ2) is 6.00. The van der Waals surface area contributed by atoms with Crippen LogP contribution >= 0.6 is 0 Å². The van der Waals surface area contributed by atoms with Gasteiger partial charge in [0.25, 0.3) is 0 Å². The lowest BCUT2D eigenvalue weighted by atomic mass is 10.2. The van der Waals surface area contributed by atoms with Gasteiger partial charge in [-0.15, -0.1) is 0 Å². The largest absolute Gasteiger partial charge is 0.370 e. The molecule has 0 aliphatic carbocycles. The van der Waals surface area contributed by atoms with Gasteiger partial charge in [-0.1, -0.05) is 13.0 Å². The Kier molecular flexibility index (Phi) is 4.34. The van der Waals surface area contributed by atoms with Crippen molar-refractivity contribution in [3.8, 4) is 5.69 Å². The van der Waals surface area contributed by atoms with Crippen LogP contribution in [0.2, 0.25) is 0 Å². The normalized spacial score (nSPS) is 12.6.